The predicted octanol–water partition coefficient (Wildman–Crippen LogP) is 0.704. The average Bonchev–Trinajstić information content (AvgIpc) is 2.84. The second-order valence-corrected chi connectivity index (χ2v) is 4.63. The van der Waals surface area contributed by atoms with Crippen LogP contribution in [0.15, 0.2) is 12.4 Å². The molecule has 5 heteroatoms. The van der Waals surface area contributed by atoms with Gasteiger partial charge in [0.25, 0.3) is 0 Å². The van der Waals surface area contributed by atoms with Gasteiger partial charge in [-0.1, -0.05) is 0 Å². The molecule has 2 heterocycles. The Labute approximate surface area is 102 Å². The molecule has 1 aliphatic heterocycles. The molecule has 0 aliphatic carbocycles. The van der Waals surface area contributed by atoms with Crippen LogP contribution in [0.2, 0.25) is 0 Å². The summed E-state index contributed by atoms with van der Waals surface area (Å²) in [5, 5.41) is 4.29. The van der Waals surface area contributed by atoms with Crippen molar-refractivity contribution in [3.05, 3.63) is 18.0 Å². The summed E-state index contributed by atoms with van der Waals surface area (Å²) in [6, 6.07) is 0.327. The number of aryl methyl sites for hydroxylation is 1. The van der Waals surface area contributed by atoms with Crippen molar-refractivity contribution in [2.24, 2.45) is 11.8 Å². The van der Waals surface area contributed by atoms with E-state index in [-0.39, 0.29) is 0 Å². The first-order chi connectivity index (χ1) is 8.33. The Hall–Kier alpha value is -0.910. The van der Waals surface area contributed by atoms with Gasteiger partial charge < -0.3 is 4.74 Å². The lowest BCUT2D eigenvalue weighted by molar-refractivity contribution is 0.0538. The van der Waals surface area contributed by atoms with Crippen LogP contribution in [-0.2, 0) is 17.7 Å². The Balaban J connectivity index is 1.93. The third kappa shape index (κ3) is 3.28. The van der Waals surface area contributed by atoms with E-state index in [1.165, 1.54) is 5.56 Å². The summed E-state index contributed by atoms with van der Waals surface area (Å²) in [5.74, 6) is 6.28. The largest absolute Gasteiger partial charge is 0.381 e. The van der Waals surface area contributed by atoms with Crippen LogP contribution in [0.3, 0.4) is 0 Å². The van der Waals surface area contributed by atoms with Gasteiger partial charge in [-0.25, -0.2) is 0 Å². The summed E-state index contributed by atoms with van der Waals surface area (Å²) in [6.45, 7) is 4.72. The van der Waals surface area contributed by atoms with Gasteiger partial charge in [0.05, 0.1) is 6.20 Å². The van der Waals surface area contributed by atoms with Crippen molar-refractivity contribution < 1.29 is 4.74 Å². The molecule has 0 aromatic carbocycles. The van der Waals surface area contributed by atoms with Gasteiger partial charge >= 0.3 is 0 Å². The second-order valence-electron chi connectivity index (χ2n) is 4.63. The fraction of sp³-hybridized carbons (Fsp3) is 0.750. The maximum absolute atomic E-state index is 5.67. The Morgan fingerprint density at radius 1 is 1.59 bits per heavy atom. The molecule has 1 fully saturated rings. The van der Waals surface area contributed by atoms with Gasteiger partial charge in [-0.05, 0) is 37.7 Å². The molecule has 1 aliphatic rings. The number of nitrogens with two attached hydrogens (primary N) is 1. The first-order valence-electron chi connectivity index (χ1n) is 6.38. The lowest BCUT2D eigenvalue weighted by Crippen LogP contribution is -2.44. The Morgan fingerprint density at radius 2 is 2.35 bits per heavy atom. The van der Waals surface area contributed by atoms with Crippen LogP contribution < -0.4 is 11.3 Å². The molecule has 3 N–H and O–H groups in total. The molecule has 0 bridgehead atoms. The molecule has 17 heavy (non-hydrogen) atoms. The zero-order valence-electron chi connectivity index (χ0n) is 10.4. The maximum atomic E-state index is 5.67. The fourth-order valence-corrected chi connectivity index (χ4v) is 2.42. The normalized spacial score (nSPS) is 19.4. The quantitative estimate of drug-likeness (QED) is 0.585. The third-order valence-corrected chi connectivity index (χ3v) is 3.52. The van der Waals surface area contributed by atoms with Crippen molar-refractivity contribution in [3.63, 3.8) is 0 Å². The number of hydrazine groups is 1. The van der Waals surface area contributed by atoms with E-state index in [1.54, 1.807) is 0 Å². The smallest absolute Gasteiger partial charge is 0.0522 e. The second kappa shape index (κ2) is 6.14. The highest BCUT2D eigenvalue weighted by molar-refractivity contribution is 5.06. The summed E-state index contributed by atoms with van der Waals surface area (Å²) in [6.07, 6.45) is 7.17. The number of hydrogen-bond acceptors (Lipinski definition) is 4. The molecule has 1 atom stereocenters. The van der Waals surface area contributed by atoms with Crippen molar-refractivity contribution in [2.45, 2.75) is 38.8 Å². The van der Waals surface area contributed by atoms with Crippen LogP contribution in [0.5, 0.6) is 0 Å². The number of nitrogens with zero attached hydrogens (tertiary/aromatic N) is 2. The van der Waals surface area contributed by atoms with Crippen LogP contribution in [0.1, 0.15) is 25.3 Å². The summed E-state index contributed by atoms with van der Waals surface area (Å²) in [7, 11) is 0. The number of rotatable bonds is 5. The third-order valence-electron chi connectivity index (χ3n) is 3.52. The molecule has 5 nitrogen and oxygen atoms in total. The van der Waals surface area contributed by atoms with Gasteiger partial charge in [0.15, 0.2) is 0 Å². The predicted molar refractivity (Wildman–Crippen MR) is 66.3 cm³/mol. The van der Waals surface area contributed by atoms with E-state index in [4.69, 9.17) is 10.6 Å². The first-order valence-corrected chi connectivity index (χ1v) is 6.38. The van der Waals surface area contributed by atoms with E-state index >= 15 is 0 Å². The number of hydrogen-bond donors (Lipinski definition) is 2. The lowest BCUT2D eigenvalue weighted by Gasteiger charge is -2.29. The maximum Gasteiger partial charge on any atom is 0.0522 e. The van der Waals surface area contributed by atoms with Crippen LogP contribution in [0.4, 0.5) is 0 Å². The molecule has 1 aromatic rings. The highest BCUT2D eigenvalue weighted by atomic mass is 16.5. The minimum Gasteiger partial charge on any atom is -0.381 e. The Morgan fingerprint density at radius 3 is 2.94 bits per heavy atom. The monoisotopic (exact) mass is 238 g/mol. The molecule has 0 spiro atoms. The van der Waals surface area contributed by atoms with Crippen molar-refractivity contribution in [3.8, 4) is 0 Å². The van der Waals surface area contributed by atoms with Gasteiger partial charge in [0.1, 0.15) is 0 Å². The minimum atomic E-state index is 0.327. The van der Waals surface area contributed by atoms with Crippen molar-refractivity contribution in [1.29, 1.82) is 0 Å². The van der Waals surface area contributed by atoms with Gasteiger partial charge in [0, 0.05) is 32.0 Å². The summed E-state index contributed by atoms with van der Waals surface area (Å²) in [5.41, 5.74) is 4.21. The molecule has 0 saturated carbocycles. The van der Waals surface area contributed by atoms with E-state index in [9.17, 15) is 0 Å². The van der Waals surface area contributed by atoms with Crippen LogP contribution >= 0.6 is 0 Å². The van der Waals surface area contributed by atoms with Gasteiger partial charge in [-0.15, -0.1) is 0 Å². The van der Waals surface area contributed by atoms with E-state index in [0.29, 0.717) is 12.0 Å². The first kappa shape index (κ1) is 12.5. The van der Waals surface area contributed by atoms with E-state index in [2.05, 4.69) is 23.6 Å². The van der Waals surface area contributed by atoms with Gasteiger partial charge in [-0.3, -0.25) is 16.0 Å². The van der Waals surface area contributed by atoms with Gasteiger partial charge in [-0.2, -0.15) is 5.10 Å². The molecular weight excluding hydrogens is 216 g/mol. The highest BCUT2D eigenvalue weighted by Crippen LogP contribution is 2.21. The molecular formula is C12H22N4O. The Bertz CT molecular complexity index is 333. The van der Waals surface area contributed by atoms with Crippen LogP contribution in [0, 0.1) is 5.92 Å². The number of ether oxygens (including phenoxy) is 1. The standard InChI is InChI=1S/C12H22N4O/c1-2-16-9-10(8-14-16)7-12(15-13)11-3-5-17-6-4-11/h8-9,11-12,15H,2-7,13H2,1H3. The summed E-state index contributed by atoms with van der Waals surface area (Å²) in [4.78, 5) is 0. The minimum absolute atomic E-state index is 0.327. The summed E-state index contributed by atoms with van der Waals surface area (Å²) >= 11 is 0. The Kier molecular flexibility index (Phi) is 4.53. The van der Waals surface area contributed by atoms with Gasteiger partial charge in [0.2, 0.25) is 0 Å². The van der Waals surface area contributed by atoms with Crippen LogP contribution in [-0.4, -0.2) is 29.0 Å². The molecule has 2 rings (SSSR count). The van der Waals surface area contributed by atoms with Crippen molar-refractivity contribution in [1.82, 2.24) is 15.2 Å². The van der Waals surface area contributed by atoms with E-state index in [0.717, 1.165) is 39.0 Å². The molecule has 0 radical (unpaired) electrons. The molecule has 96 valence electrons. The van der Waals surface area contributed by atoms with E-state index in [1.807, 2.05) is 10.9 Å². The number of nitrogens with one attached hydrogen (secondary N) is 1. The van der Waals surface area contributed by atoms with Crippen LogP contribution in [0.25, 0.3) is 0 Å². The summed E-state index contributed by atoms with van der Waals surface area (Å²) < 4.78 is 7.33. The molecule has 0 amide bonds. The highest BCUT2D eigenvalue weighted by Gasteiger charge is 2.23. The average molecular weight is 238 g/mol. The topological polar surface area (TPSA) is 65.1 Å². The molecule has 1 aromatic heterocycles. The molecule has 1 unspecified atom stereocenters. The lowest BCUT2D eigenvalue weighted by atomic mass is 9.89. The van der Waals surface area contributed by atoms with Crippen molar-refractivity contribution in [2.75, 3.05) is 13.2 Å². The fourth-order valence-electron chi connectivity index (χ4n) is 2.42. The zero-order valence-corrected chi connectivity index (χ0v) is 10.4. The van der Waals surface area contributed by atoms with E-state index < -0.39 is 0 Å². The zero-order chi connectivity index (χ0) is 12.1. The number of aromatic nitrogens is 2. The SMILES string of the molecule is CCn1cc(CC(NN)C2CCOCC2)cn1. The molecule has 1 saturated heterocycles. The van der Waals surface area contributed by atoms with Crippen molar-refractivity contribution >= 4 is 0 Å².